The van der Waals surface area contributed by atoms with E-state index in [1.807, 2.05) is 0 Å². The summed E-state index contributed by atoms with van der Waals surface area (Å²) < 4.78 is 0. The van der Waals surface area contributed by atoms with Gasteiger partial charge in [-0.05, 0) is 138 Å². The number of benzene rings is 2. The molecular weight excluding hydrogens is 1050 g/mol. The average Bonchev–Trinajstić information content (AvgIpc) is 3.42. The number of carboxylic acid groups (broad SMARTS) is 2. The van der Waals surface area contributed by atoms with Crippen molar-refractivity contribution in [2.24, 2.45) is 34.8 Å². The summed E-state index contributed by atoms with van der Waals surface area (Å²) in [7, 11) is 0. The maximum Gasteiger partial charge on any atom is 0.326 e. The van der Waals surface area contributed by atoms with Crippen molar-refractivity contribution in [1.82, 2.24) is 42.5 Å². The Labute approximate surface area is 473 Å². The van der Waals surface area contributed by atoms with Crippen molar-refractivity contribution in [2.75, 3.05) is 19.6 Å². The molecule has 452 valence electrons. The number of carboxylic acids is 2. The molecule has 8 amide bonds. The van der Waals surface area contributed by atoms with Crippen LogP contribution in [0.5, 0.6) is 11.5 Å². The fourth-order valence-corrected chi connectivity index (χ4v) is 8.33. The van der Waals surface area contributed by atoms with E-state index in [0.29, 0.717) is 69.2 Å². The Morgan fingerprint density at radius 3 is 1.25 bits per heavy atom. The van der Waals surface area contributed by atoms with Gasteiger partial charge in [0.1, 0.15) is 59.8 Å². The van der Waals surface area contributed by atoms with Gasteiger partial charge in [0.25, 0.3) is 0 Å². The molecule has 0 bridgehead atoms. The van der Waals surface area contributed by atoms with Gasteiger partial charge in [0.15, 0.2) is 0 Å². The molecule has 2 aromatic carbocycles. The van der Waals surface area contributed by atoms with Crippen LogP contribution >= 0.6 is 0 Å². The molecule has 0 spiro atoms. The molecular formula is C55H88N12O14. The number of phenols is 2. The Morgan fingerprint density at radius 2 is 0.815 bits per heavy atom. The standard InChI is InChI=1S/C55H88N12O14/c1-6-32(4)46(54(79)66-45(31(2)3)53(78)62-39(13-7-10-26-56)49(74)63-41(55(80)81)15-9-12-28-58)67-50(75)40(14-8-11-27-57)61-52(77)43(30-35-18-22-37(69)23-19-35)64-47(72)33(5)60-51(76)42(29-34-16-20-36(68)21-17-34)65-48(73)38(59)24-25-44(70)71/h16-23,31-33,38-43,45-46,68-69H,6-15,24-30,56-59H2,1-5H3,(H,60,76)(H,61,77)(H,62,78)(H,63,74)(H,64,72)(H,65,73)(H,66,79)(H,67,75)(H,70,71)(H,80,81)/t32-,33-,38-,39-,40-,41-,42-,43-,45-,46-/m0/s1. The molecule has 0 aromatic heterocycles. The van der Waals surface area contributed by atoms with Gasteiger partial charge in [-0.25, -0.2) is 4.79 Å². The van der Waals surface area contributed by atoms with Gasteiger partial charge in [0.2, 0.25) is 47.3 Å². The fraction of sp³-hybridized carbons (Fsp3) is 0.600. The first-order chi connectivity index (χ1) is 38.3. The molecule has 10 atom stereocenters. The number of hydrogen-bond donors (Lipinski definition) is 16. The molecule has 2 rings (SSSR count). The third-order valence-corrected chi connectivity index (χ3v) is 13.5. The predicted molar refractivity (Wildman–Crippen MR) is 300 cm³/mol. The van der Waals surface area contributed by atoms with Crippen molar-refractivity contribution in [3.63, 3.8) is 0 Å². The zero-order valence-electron chi connectivity index (χ0n) is 47.2. The van der Waals surface area contributed by atoms with E-state index in [2.05, 4.69) is 42.5 Å². The van der Waals surface area contributed by atoms with Crippen LogP contribution in [0.25, 0.3) is 0 Å². The number of rotatable bonds is 39. The molecule has 0 radical (unpaired) electrons. The number of carbonyl (C=O) groups is 10. The lowest BCUT2D eigenvalue weighted by Crippen LogP contribution is -2.62. The summed E-state index contributed by atoms with van der Waals surface area (Å²) in [6.07, 6.45) is 2.27. The zero-order valence-corrected chi connectivity index (χ0v) is 47.2. The minimum Gasteiger partial charge on any atom is -0.508 e. The lowest BCUT2D eigenvalue weighted by Gasteiger charge is -2.31. The Bertz CT molecular complexity index is 2360. The van der Waals surface area contributed by atoms with Crippen molar-refractivity contribution in [3.8, 4) is 11.5 Å². The van der Waals surface area contributed by atoms with Gasteiger partial charge >= 0.3 is 11.9 Å². The molecule has 20 N–H and O–H groups in total. The third kappa shape index (κ3) is 25.7. The van der Waals surface area contributed by atoms with Crippen LogP contribution < -0.4 is 65.5 Å². The average molecular weight is 1140 g/mol. The summed E-state index contributed by atoms with van der Waals surface area (Å²) in [5.41, 5.74) is 24.0. The molecule has 0 aliphatic heterocycles. The summed E-state index contributed by atoms with van der Waals surface area (Å²) >= 11 is 0. The quantitative estimate of drug-likeness (QED) is 0.0362. The first-order valence-corrected chi connectivity index (χ1v) is 27.6. The summed E-state index contributed by atoms with van der Waals surface area (Å²) in [6.45, 7) is 9.00. The SMILES string of the molecule is CC[C@H](C)[C@H](NC(=O)[C@H](CCCCN)NC(=O)[C@H](Cc1ccc(O)cc1)NC(=O)[C@H](C)NC(=O)[C@H](Cc1ccc(O)cc1)NC(=O)[C@@H](N)CCC(=O)O)C(=O)N[C@H](C(=O)N[C@@H](CCCCN)C(=O)N[C@@H](CCCCN)C(=O)O)C(C)C. The molecule has 81 heavy (non-hydrogen) atoms. The number of hydrogen-bond acceptors (Lipinski definition) is 16. The normalized spacial score (nSPS) is 14.9. The second-order valence-electron chi connectivity index (χ2n) is 20.6. The van der Waals surface area contributed by atoms with E-state index in [0.717, 1.165) is 0 Å². The largest absolute Gasteiger partial charge is 0.508 e. The van der Waals surface area contributed by atoms with Crippen LogP contribution in [0, 0.1) is 11.8 Å². The number of carbonyl (C=O) groups excluding carboxylic acids is 8. The summed E-state index contributed by atoms with van der Waals surface area (Å²) in [6, 6.07) is -0.270. The number of nitrogens with two attached hydrogens (primary N) is 4. The molecule has 0 saturated heterocycles. The Hall–Kier alpha value is -7.42. The monoisotopic (exact) mass is 1140 g/mol. The van der Waals surface area contributed by atoms with Gasteiger partial charge in [-0.3, -0.25) is 43.2 Å². The van der Waals surface area contributed by atoms with Crippen LogP contribution in [-0.2, 0) is 60.8 Å². The fourth-order valence-electron chi connectivity index (χ4n) is 8.33. The van der Waals surface area contributed by atoms with Crippen molar-refractivity contribution in [3.05, 3.63) is 59.7 Å². The van der Waals surface area contributed by atoms with E-state index in [1.54, 1.807) is 27.7 Å². The molecule has 0 unspecified atom stereocenters. The number of phenolic OH excluding ortho intramolecular Hbond substituents is 2. The first-order valence-electron chi connectivity index (χ1n) is 27.6. The number of aromatic hydroxyl groups is 2. The number of amides is 8. The van der Waals surface area contributed by atoms with Crippen molar-refractivity contribution in [2.45, 2.75) is 179 Å². The Kier molecular flexibility index (Phi) is 31.6. The Morgan fingerprint density at radius 1 is 0.444 bits per heavy atom. The van der Waals surface area contributed by atoms with Gasteiger partial charge in [0, 0.05) is 19.3 Å². The van der Waals surface area contributed by atoms with E-state index < -0.39 is 132 Å². The van der Waals surface area contributed by atoms with Crippen LogP contribution in [0.3, 0.4) is 0 Å². The van der Waals surface area contributed by atoms with Crippen molar-refractivity contribution in [1.29, 1.82) is 0 Å². The summed E-state index contributed by atoms with van der Waals surface area (Å²) in [5.74, 6) is -10.1. The van der Waals surface area contributed by atoms with Crippen LogP contribution in [0.4, 0.5) is 0 Å². The maximum atomic E-state index is 14.5. The smallest absolute Gasteiger partial charge is 0.326 e. The lowest BCUT2D eigenvalue weighted by molar-refractivity contribution is -0.142. The predicted octanol–water partition coefficient (Wildman–Crippen LogP) is -0.853. The number of unbranched alkanes of at least 4 members (excludes halogenated alkanes) is 3. The van der Waals surface area contributed by atoms with Crippen LogP contribution in [0.2, 0.25) is 0 Å². The van der Waals surface area contributed by atoms with Gasteiger partial charge in [0.05, 0.1) is 6.04 Å². The molecule has 26 heteroatoms. The minimum atomic E-state index is -1.43. The van der Waals surface area contributed by atoms with Crippen molar-refractivity contribution >= 4 is 59.2 Å². The van der Waals surface area contributed by atoms with Crippen LogP contribution in [0.15, 0.2) is 48.5 Å². The molecule has 2 aromatic rings. The van der Waals surface area contributed by atoms with Crippen molar-refractivity contribution < 1.29 is 68.4 Å². The minimum absolute atomic E-state index is 0.0183. The topological polar surface area (TPSA) is 452 Å². The molecule has 0 fully saturated rings. The van der Waals surface area contributed by atoms with E-state index >= 15 is 0 Å². The number of aliphatic carboxylic acids is 2. The zero-order chi connectivity index (χ0) is 60.8. The highest BCUT2D eigenvalue weighted by Gasteiger charge is 2.37. The highest BCUT2D eigenvalue weighted by molar-refractivity contribution is 5.98. The van der Waals surface area contributed by atoms with Gasteiger partial charge in [-0.2, -0.15) is 0 Å². The molecule has 0 aliphatic rings. The molecule has 0 aliphatic carbocycles. The second-order valence-corrected chi connectivity index (χ2v) is 20.6. The summed E-state index contributed by atoms with van der Waals surface area (Å²) in [4.78, 5) is 135. The third-order valence-electron chi connectivity index (χ3n) is 13.5. The Balaban J connectivity index is 2.44. The van der Waals surface area contributed by atoms with Crippen LogP contribution in [-0.4, -0.2) is 154 Å². The molecule has 26 nitrogen and oxygen atoms in total. The highest BCUT2D eigenvalue weighted by atomic mass is 16.4. The second kappa shape index (κ2) is 36.8. The van der Waals surface area contributed by atoms with Gasteiger partial charge in [-0.1, -0.05) is 58.4 Å². The summed E-state index contributed by atoms with van der Waals surface area (Å²) in [5, 5.41) is 59.8. The lowest BCUT2D eigenvalue weighted by atomic mass is 9.95. The molecule has 0 heterocycles. The van der Waals surface area contributed by atoms with Gasteiger partial charge in [-0.15, -0.1) is 0 Å². The highest BCUT2D eigenvalue weighted by Crippen LogP contribution is 2.16. The first kappa shape index (κ1) is 69.7. The van der Waals surface area contributed by atoms with E-state index in [4.69, 9.17) is 28.0 Å². The van der Waals surface area contributed by atoms with E-state index in [-0.39, 0.29) is 56.6 Å². The van der Waals surface area contributed by atoms with E-state index in [9.17, 15) is 63.3 Å². The van der Waals surface area contributed by atoms with Crippen LogP contribution in [0.1, 0.15) is 123 Å². The maximum absolute atomic E-state index is 14.5. The molecule has 0 saturated carbocycles. The number of nitrogens with one attached hydrogen (secondary N) is 8. The van der Waals surface area contributed by atoms with Gasteiger partial charge < -0.3 is 85.9 Å². The van der Waals surface area contributed by atoms with E-state index in [1.165, 1.54) is 55.5 Å².